The molecular formula is C14H10FN3O2. The predicted octanol–water partition coefficient (Wildman–Crippen LogP) is 1.02. The van der Waals surface area contributed by atoms with E-state index in [0.29, 0.717) is 5.56 Å². The van der Waals surface area contributed by atoms with E-state index in [1.807, 2.05) is 17.5 Å². The van der Waals surface area contributed by atoms with Crippen molar-refractivity contribution in [3.05, 3.63) is 35.6 Å². The molecule has 100 valence electrons. The molecule has 0 spiro atoms. The number of nitriles is 2. The molecule has 0 saturated carbocycles. The largest absolute Gasteiger partial charge is 0.294 e. The van der Waals surface area contributed by atoms with Gasteiger partial charge in [0.25, 0.3) is 0 Å². The van der Waals surface area contributed by atoms with E-state index in [1.165, 1.54) is 31.2 Å². The van der Waals surface area contributed by atoms with Crippen LogP contribution in [0.15, 0.2) is 24.3 Å². The summed E-state index contributed by atoms with van der Waals surface area (Å²) in [6.07, 6.45) is 0. The van der Waals surface area contributed by atoms with E-state index < -0.39 is 34.9 Å². The fourth-order valence-electron chi connectivity index (χ4n) is 2.50. The highest BCUT2D eigenvalue weighted by molar-refractivity contribution is 6.04. The zero-order valence-electron chi connectivity index (χ0n) is 10.6. The summed E-state index contributed by atoms with van der Waals surface area (Å²) in [6.45, 7) is 1.50. The van der Waals surface area contributed by atoms with Gasteiger partial charge in [-0.05, 0) is 17.7 Å². The topological polar surface area (TPSA) is 93.8 Å². The lowest BCUT2D eigenvalue weighted by molar-refractivity contribution is -0.140. The molecule has 0 aliphatic carbocycles. The number of imide groups is 1. The second-order valence-corrected chi connectivity index (χ2v) is 4.77. The molecule has 2 atom stereocenters. The monoisotopic (exact) mass is 271 g/mol. The van der Waals surface area contributed by atoms with Crippen LogP contribution in [0.4, 0.5) is 4.39 Å². The summed E-state index contributed by atoms with van der Waals surface area (Å²) >= 11 is 0. The molecule has 2 amide bonds. The molecule has 0 radical (unpaired) electrons. The second kappa shape index (κ2) is 4.75. The van der Waals surface area contributed by atoms with Crippen molar-refractivity contribution in [3.8, 4) is 12.1 Å². The summed E-state index contributed by atoms with van der Waals surface area (Å²) in [4.78, 5) is 23.6. The molecule has 0 bridgehead atoms. The van der Waals surface area contributed by atoms with Crippen LogP contribution in [0.5, 0.6) is 0 Å². The third-order valence-corrected chi connectivity index (χ3v) is 3.69. The smallest absolute Gasteiger partial charge is 0.244 e. The Morgan fingerprint density at radius 3 is 1.95 bits per heavy atom. The van der Waals surface area contributed by atoms with Crippen molar-refractivity contribution in [2.75, 3.05) is 0 Å². The van der Waals surface area contributed by atoms with Crippen molar-refractivity contribution in [3.63, 3.8) is 0 Å². The molecule has 1 heterocycles. The number of benzene rings is 1. The zero-order valence-corrected chi connectivity index (χ0v) is 10.6. The Labute approximate surface area is 114 Å². The lowest BCUT2D eigenvalue weighted by atomic mass is 9.62. The summed E-state index contributed by atoms with van der Waals surface area (Å²) < 4.78 is 13.0. The lowest BCUT2D eigenvalue weighted by Crippen LogP contribution is -2.58. The second-order valence-electron chi connectivity index (χ2n) is 4.77. The number of carbonyl (C=O) groups is 2. The van der Waals surface area contributed by atoms with Gasteiger partial charge in [0, 0.05) is 5.41 Å². The molecule has 1 aromatic carbocycles. The van der Waals surface area contributed by atoms with Crippen molar-refractivity contribution >= 4 is 11.8 Å². The van der Waals surface area contributed by atoms with E-state index in [0.717, 1.165) is 0 Å². The highest BCUT2D eigenvalue weighted by Crippen LogP contribution is 2.41. The lowest BCUT2D eigenvalue weighted by Gasteiger charge is -2.39. The summed E-state index contributed by atoms with van der Waals surface area (Å²) in [5.41, 5.74) is -0.906. The minimum absolute atomic E-state index is 0.403. The highest BCUT2D eigenvalue weighted by atomic mass is 19.1. The first-order valence-corrected chi connectivity index (χ1v) is 5.85. The Balaban J connectivity index is 2.65. The normalized spacial score (nSPS) is 24.4. The van der Waals surface area contributed by atoms with Crippen LogP contribution >= 0.6 is 0 Å². The van der Waals surface area contributed by atoms with Crippen LogP contribution in [0.1, 0.15) is 12.5 Å². The Morgan fingerprint density at radius 2 is 1.55 bits per heavy atom. The molecule has 1 fully saturated rings. The van der Waals surface area contributed by atoms with Gasteiger partial charge in [-0.2, -0.15) is 10.5 Å². The standard InChI is InChI=1S/C14H10FN3O2/c1-14(8-2-4-9(15)5-3-8)10(6-16)12(19)18-13(20)11(14)7-17/h2-5,10-11H,1H3,(H,18,19,20)/t10-,11-/m0/s1. The summed E-state index contributed by atoms with van der Waals surface area (Å²) in [6, 6.07) is 8.77. The van der Waals surface area contributed by atoms with Crippen LogP contribution in [0.3, 0.4) is 0 Å². The number of carbonyl (C=O) groups excluding carboxylic acids is 2. The number of amides is 2. The molecule has 1 aromatic rings. The van der Waals surface area contributed by atoms with Gasteiger partial charge in [0.2, 0.25) is 11.8 Å². The summed E-state index contributed by atoms with van der Waals surface area (Å²) in [7, 11) is 0. The first-order valence-electron chi connectivity index (χ1n) is 5.85. The van der Waals surface area contributed by atoms with Gasteiger partial charge in [-0.15, -0.1) is 0 Å². The number of hydrogen-bond acceptors (Lipinski definition) is 4. The van der Waals surface area contributed by atoms with E-state index in [2.05, 4.69) is 0 Å². The van der Waals surface area contributed by atoms with Crippen molar-refractivity contribution in [1.82, 2.24) is 5.32 Å². The van der Waals surface area contributed by atoms with E-state index in [-0.39, 0.29) is 0 Å². The van der Waals surface area contributed by atoms with Crippen LogP contribution in [-0.2, 0) is 15.0 Å². The molecule has 20 heavy (non-hydrogen) atoms. The Morgan fingerprint density at radius 1 is 1.10 bits per heavy atom. The molecule has 1 aliphatic rings. The summed E-state index contributed by atoms with van der Waals surface area (Å²) in [5.74, 6) is -4.36. The number of hydrogen-bond donors (Lipinski definition) is 1. The number of nitrogens with zero attached hydrogens (tertiary/aromatic N) is 2. The number of rotatable bonds is 1. The predicted molar refractivity (Wildman–Crippen MR) is 65.1 cm³/mol. The maximum Gasteiger partial charge on any atom is 0.244 e. The van der Waals surface area contributed by atoms with E-state index >= 15 is 0 Å². The highest BCUT2D eigenvalue weighted by Gasteiger charge is 2.54. The van der Waals surface area contributed by atoms with Gasteiger partial charge in [0.15, 0.2) is 0 Å². The van der Waals surface area contributed by atoms with Crippen molar-refractivity contribution in [2.45, 2.75) is 12.3 Å². The molecule has 1 saturated heterocycles. The SMILES string of the molecule is CC1(c2ccc(F)cc2)[C@@H](C#N)C(=O)NC(=O)[C@@H]1C#N. The van der Waals surface area contributed by atoms with E-state index in [9.17, 15) is 24.5 Å². The van der Waals surface area contributed by atoms with Gasteiger partial charge in [0.1, 0.15) is 17.7 Å². The minimum Gasteiger partial charge on any atom is -0.294 e. The van der Waals surface area contributed by atoms with Gasteiger partial charge < -0.3 is 0 Å². The third-order valence-electron chi connectivity index (χ3n) is 3.69. The van der Waals surface area contributed by atoms with Gasteiger partial charge >= 0.3 is 0 Å². The fourth-order valence-corrected chi connectivity index (χ4v) is 2.50. The van der Waals surface area contributed by atoms with Crippen molar-refractivity contribution in [2.24, 2.45) is 11.8 Å². The maximum absolute atomic E-state index is 13.0. The van der Waals surface area contributed by atoms with Crippen LogP contribution in [0.2, 0.25) is 0 Å². The molecule has 1 N–H and O–H groups in total. The van der Waals surface area contributed by atoms with Gasteiger partial charge in [-0.3, -0.25) is 14.9 Å². The first-order chi connectivity index (χ1) is 9.44. The quantitative estimate of drug-likeness (QED) is 0.771. The Hall–Kier alpha value is -2.73. The number of halogens is 1. The van der Waals surface area contributed by atoms with E-state index in [4.69, 9.17) is 0 Å². The molecule has 0 unspecified atom stereocenters. The van der Waals surface area contributed by atoms with E-state index in [1.54, 1.807) is 0 Å². The van der Waals surface area contributed by atoms with Crippen LogP contribution in [0.25, 0.3) is 0 Å². The third kappa shape index (κ3) is 1.83. The first kappa shape index (κ1) is 13.7. The molecule has 1 aliphatic heterocycles. The van der Waals surface area contributed by atoms with Crippen LogP contribution < -0.4 is 5.32 Å². The zero-order chi connectivity index (χ0) is 14.9. The summed E-state index contributed by atoms with van der Waals surface area (Å²) in [5, 5.41) is 20.4. The van der Waals surface area contributed by atoms with Gasteiger partial charge in [0.05, 0.1) is 12.1 Å². The Bertz CT molecular complexity index is 622. The molecular weight excluding hydrogens is 261 g/mol. The average molecular weight is 271 g/mol. The molecule has 6 heteroatoms. The number of piperidine rings is 1. The maximum atomic E-state index is 13.0. The van der Waals surface area contributed by atoms with Crippen LogP contribution in [0, 0.1) is 40.3 Å². The molecule has 5 nitrogen and oxygen atoms in total. The Kier molecular flexibility index (Phi) is 3.25. The van der Waals surface area contributed by atoms with Crippen LogP contribution in [-0.4, -0.2) is 11.8 Å². The fraction of sp³-hybridized carbons (Fsp3) is 0.286. The minimum atomic E-state index is -1.31. The van der Waals surface area contributed by atoms with Crippen molar-refractivity contribution < 1.29 is 14.0 Å². The van der Waals surface area contributed by atoms with Gasteiger partial charge in [-0.1, -0.05) is 19.1 Å². The number of nitrogens with one attached hydrogen (secondary N) is 1. The van der Waals surface area contributed by atoms with Gasteiger partial charge in [-0.25, -0.2) is 4.39 Å². The van der Waals surface area contributed by atoms with Crippen molar-refractivity contribution in [1.29, 1.82) is 10.5 Å². The molecule has 2 rings (SSSR count). The average Bonchev–Trinajstić information content (AvgIpc) is 2.39. The molecule has 0 aromatic heterocycles.